The minimum absolute atomic E-state index is 0.1000. The summed E-state index contributed by atoms with van der Waals surface area (Å²) in [4.78, 5) is 28.4. The Bertz CT molecular complexity index is 1190. The molecule has 0 aliphatic rings. The van der Waals surface area contributed by atoms with E-state index in [4.69, 9.17) is 9.15 Å². The van der Waals surface area contributed by atoms with Crippen LogP contribution in [0.5, 0.6) is 0 Å². The third kappa shape index (κ3) is 6.05. The van der Waals surface area contributed by atoms with Crippen LogP contribution in [-0.2, 0) is 26.2 Å². The smallest absolute Gasteiger partial charge is 0.325 e. The van der Waals surface area contributed by atoms with Gasteiger partial charge in [-0.25, -0.2) is 13.4 Å². The molecule has 0 aliphatic carbocycles. The average molecular weight is 472 g/mol. The maximum atomic E-state index is 12.5. The van der Waals surface area contributed by atoms with Crippen LogP contribution in [-0.4, -0.2) is 49.2 Å². The summed E-state index contributed by atoms with van der Waals surface area (Å²) in [6, 6.07) is 14.9. The van der Waals surface area contributed by atoms with E-state index in [1.54, 1.807) is 20.0 Å². The van der Waals surface area contributed by atoms with Crippen molar-refractivity contribution in [1.82, 2.24) is 14.6 Å². The van der Waals surface area contributed by atoms with Crippen LogP contribution in [0, 0.1) is 0 Å². The van der Waals surface area contributed by atoms with E-state index in [1.165, 1.54) is 28.6 Å². The van der Waals surface area contributed by atoms with Gasteiger partial charge in [0.15, 0.2) is 12.4 Å². The lowest BCUT2D eigenvalue weighted by Gasteiger charge is -2.18. The Morgan fingerprint density at radius 3 is 2.33 bits per heavy atom. The fourth-order valence-corrected chi connectivity index (χ4v) is 4.51. The summed E-state index contributed by atoms with van der Waals surface area (Å²) in [6.45, 7) is 3.69. The Labute approximate surface area is 192 Å². The zero-order valence-corrected chi connectivity index (χ0v) is 19.2. The van der Waals surface area contributed by atoms with Crippen molar-refractivity contribution < 1.29 is 27.2 Å². The Morgan fingerprint density at radius 1 is 1.03 bits per heavy atom. The van der Waals surface area contributed by atoms with Gasteiger partial charge < -0.3 is 14.5 Å². The third-order valence-electron chi connectivity index (χ3n) is 4.82. The molecule has 0 fully saturated rings. The molecule has 0 spiro atoms. The lowest BCUT2D eigenvalue weighted by atomic mass is 10.2. The maximum Gasteiger partial charge on any atom is 0.325 e. The average Bonchev–Trinajstić information content (AvgIpc) is 3.31. The number of sulfonamides is 1. The standard InChI is InChI=1S/C23H25N3O6S/c1-3-26(4-2)33(29,30)19-12-10-18(11-13-19)23(28)25-15-22(27)31-16-21-24-14-20(32-21)17-8-6-5-7-9-17/h5-14H,3-4,15-16H2,1-2H3,(H,25,28). The molecule has 0 unspecified atom stereocenters. The summed E-state index contributed by atoms with van der Waals surface area (Å²) in [5, 5.41) is 2.45. The van der Waals surface area contributed by atoms with E-state index in [2.05, 4.69) is 10.3 Å². The van der Waals surface area contributed by atoms with Crippen LogP contribution in [0.4, 0.5) is 0 Å². The first kappa shape index (κ1) is 24.1. The normalized spacial score (nSPS) is 11.4. The number of carbonyl (C=O) groups excluding carboxylic acids is 2. The number of nitrogens with one attached hydrogen (secondary N) is 1. The van der Waals surface area contributed by atoms with E-state index in [9.17, 15) is 18.0 Å². The van der Waals surface area contributed by atoms with Crippen molar-refractivity contribution >= 4 is 21.9 Å². The number of ether oxygens (including phenoxy) is 1. The van der Waals surface area contributed by atoms with Gasteiger partial charge in [-0.05, 0) is 24.3 Å². The molecule has 2 aromatic carbocycles. The van der Waals surface area contributed by atoms with E-state index in [1.807, 2.05) is 30.3 Å². The monoisotopic (exact) mass is 471 g/mol. The van der Waals surface area contributed by atoms with Crippen LogP contribution in [0.15, 0.2) is 70.1 Å². The molecule has 1 aromatic heterocycles. The summed E-state index contributed by atoms with van der Waals surface area (Å²) in [7, 11) is -3.61. The first-order valence-electron chi connectivity index (χ1n) is 10.4. The quantitative estimate of drug-likeness (QED) is 0.452. The molecule has 10 heteroatoms. The zero-order chi connectivity index (χ0) is 23.8. The number of hydrogen-bond donors (Lipinski definition) is 1. The molecule has 33 heavy (non-hydrogen) atoms. The van der Waals surface area contributed by atoms with E-state index in [-0.39, 0.29) is 29.5 Å². The summed E-state index contributed by atoms with van der Waals surface area (Å²) in [5.41, 5.74) is 1.08. The largest absolute Gasteiger partial charge is 0.454 e. The van der Waals surface area contributed by atoms with Crippen molar-refractivity contribution in [2.24, 2.45) is 0 Å². The van der Waals surface area contributed by atoms with Gasteiger partial charge in [0.1, 0.15) is 6.54 Å². The maximum absolute atomic E-state index is 12.5. The molecule has 1 amide bonds. The highest BCUT2D eigenvalue weighted by Crippen LogP contribution is 2.20. The van der Waals surface area contributed by atoms with Crippen molar-refractivity contribution in [1.29, 1.82) is 0 Å². The highest BCUT2D eigenvalue weighted by atomic mass is 32.2. The van der Waals surface area contributed by atoms with Crippen LogP contribution >= 0.6 is 0 Å². The van der Waals surface area contributed by atoms with Gasteiger partial charge in [0.25, 0.3) is 5.91 Å². The number of rotatable bonds is 10. The molecule has 9 nitrogen and oxygen atoms in total. The molecule has 0 bridgehead atoms. The van der Waals surface area contributed by atoms with Gasteiger partial charge >= 0.3 is 5.97 Å². The second kappa shape index (κ2) is 10.9. The lowest BCUT2D eigenvalue weighted by molar-refractivity contribution is -0.144. The third-order valence-corrected chi connectivity index (χ3v) is 6.89. The first-order valence-corrected chi connectivity index (χ1v) is 11.8. The molecule has 1 heterocycles. The van der Waals surface area contributed by atoms with Gasteiger partial charge in [0.05, 0.1) is 11.1 Å². The number of esters is 1. The Hall–Kier alpha value is -3.50. The van der Waals surface area contributed by atoms with Crippen molar-refractivity contribution in [3.8, 4) is 11.3 Å². The number of carbonyl (C=O) groups is 2. The second-order valence-corrected chi connectivity index (χ2v) is 8.88. The molecule has 174 valence electrons. The van der Waals surface area contributed by atoms with Crippen LogP contribution in [0.25, 0.3) is 11.3 Å². The Balaban J connectivity index is 1.49. The van der Waals surface area contributed by atoms with Crippen molar-refractivity contribution in [2.75, 3.05) is 19.6 Å². The molecule has 3 aromatic rings. The number of nitrogens with zero attached hydrogens (tertiary/aromatic N) is 2. The predicted octanol–water partition coefficient (Wildman–Crippen LogP) is 2.85. The van der Waals surface area contributed by atoms with Gasteiger partial charge in [-0.3, -0.25) is 9.59 Å². The van der Waals surface area contributed by atoms with Crippen molar-refractivity contribution in [2.45, 2.75) is 25.3 Å². The fraction of sp³-hybridized carbons (Fsp3) is 0.261. The fourth-order valence-electron chi connectivity index (χ4n) is 3.05. The second-order valence-electron chi connectivity index (χ2n) is 6.94. The number of hydrogen-bond acceptors (Lipinski definition) is 7. The van der Waals surface area contributed by atoms with Crippen LogP contribution < -0.4 is 5.32 Å². The van der Waals surface area contributed by atoms with Crippen LogP contribution in [0.3, 0.4) is 0 Å². The molecule has 0 saturated heterocycles. The number of benzene rings is 2. The molecule has 1 N–H and O–H groups in total. The van der Waals surface area contributed by atoms with Crippen molar-refractivity contribution in [3.63, 3.8) is 0 Å². The number of aromatic nitrogens is 1. The summed E-state index contributed by atoms with van der Waals surface area (Å²) >= 11 is 0. The highest BCUT2D eigenvalue weighted by Gasteiger charge is 2.21. The van der Waals surface area contributed by atoms with Gasteiger partial charge in [-0.15, -0.1) is 0 Å². The summed E-state index contributed by atoms with van der Waals surface area (Å²) in [5.74, 6) is -0.398. The predicted molar refractivity (Wildman–Crippen MR) is 121 cm³/mol. The van der Waals surface area contributed by atoms with Gasteiger partial charge in [0.2, 0.25) is 15.9 Å². The summed E-state index contributed by atoms with van der Waals surface area (Å²) in [6.07, 6.45) is 1.55. The first-order chi connectivity index (χ1) is 15.8. The minimum atomic E-state index is -3.61. The molecule has 0 saturated carbocycles. The highest BCUT2D eigenvalue weighted by molar-refractivity contribution is 7.89. The number of oxazole rings is 1. The number of amides is 1. The van der Waals surface area contributed by atoms with Crippen LogP contribution in [0.2, 0.25) is 0 Å². The zero-order valence-electron chi connectivity index (χ0n) is 18.4. The SMILES string of the molecule is CCN(CC)S(=O)(=O)c1ccc(C(=O)NCC(=O)OCc2ncc(-c3ccccc3)o2)cc1. The van der Waals surface area contributed by atoms with E-state index in [0.29, 0.717) is 18.8 Å². The van der Waals surface area contributed by atoms with Gasteiger partial charge in [0, 0.05) is 24.2 Å². The summed E-state index contributed by atoms with van der Waals surface area (Å²) < 4.78 is 37.0. The van der Waals surface area contributed by atoms with Gasteiger partial charge in [-0.2, -0.15) is 4.31 Å². The van der Waals surface area contributed by atoms with E-state index < -0.39 is 21.9 Å². The molecular formula is C23H25N3O6S. The van der Waals surface area contributed by atoms with E-state index in [0.717, 1.165) is 5.56 Å². The van der Waals surface area contributed by atoms with Gasteiger partial charge in [-0.1, -0.05) is 44.2 Å². The minimum Gasteiger partial charge on any atom is -0.454 e. The lowest BCUT2D eigenvalue weighted by Crippen LogP contribution is -2.31. The van der Waals surface area contributed by atoms with Crippen LogP contribution in [0.1, 0.15) is 30.1 Å². The molecule has 3 rings (SSSR count). The van der Waals surface area contributed by atoms with Crippen molar-refractivity contribution in [3.05, 3.63) is 72.2 Å². The Kier molecular flexibility index (Phi) is 7.96. The molecule has 0 aliphatic heterocycles. The topological polar surface area (TPSA) is 119 Å². The Morgan fingerprint density at radius 2 is 1.70 bits per heavy atom. The molecule has 0 atom stereocenters. The van der Waals surface area contributed by atoms with E-state index >= 15 is 0 Å². The molecule has 0 radical (unpaired) electrons. The molecular weight excluding hydrogens is 446 g/mol.